The van der Waals surface area contributed by atoms with E-state index in [4.69, 9.17) is 9.26 Å². The molecule has 0 aliphatic heterocycles. The second-order valence-electron chi connectivity index (χ2n) is 8.76. The van der Waals surface area contributed by atoms with Crippen LogP contribution in [0.3, 0.4) is 0 Å². The van der Waals surface area contributed by atoms with Gasteiger partial charge in [-0.15, -0.1) is 0 Å². The number of benzene rings is 1. The number of carbonyl (C=O) groups excluding carboxylic acids is 1. The molecule has 8 nitrogen and oxygen atoms in total. The highest BCUT2D eigenvalue weighted by Gasteiger charge is 2.62. The number of allylic oxidation sites excluding steroid dienone is 2. The average Bonchev–Trinajstić information content (AvgIpc) is 3.17. The molecule has 1 amide bonds. The van der Waals surface area contributed by atoms with Crippen LogP contribution in [0.15, 0.2) is 59.7 Å². The van der Waals surface area contributed by atoms with E-state index in [1.807, 2.05) is 24.3 Å². The molecule has 2 aromatic heterocycles. The summed E-state index contributed by atoms with van der Waals surface area (Å²) in [5.74, 6) is 2.89. The molecule has 2 bridgehead atoms. The largest absolute Gasteiger partial charge is 0.486 e. The zero-order valence-electron chi connectivity index (χ0n) is 17.0. The zero-order valence-corrected chi connectivity index (χ0v) is 17.0. The number of hydrogen-bond donors (Lipinski definition) is 1. The molecule has 0 saturated heterocycles. The van der Waals surface area contributed by atoms with Gasteiger partial charge in [0.2, 0.25) is 0 Å². The molecule has 6 rings (SSSR count). The summed E-state index contributed by atoms with van der Waals surface area (Å²) in [7, 11) is 0. The van der Waals surface area contributed by atoms with Gasteiger partial charge in [0.15, 0.2) is 11.5 Å². The van der Waals surface area contributed by atoms with Crippen molar-refractivity contribution < 1.29 is 14.1 Å². The fraction of sp³-hybridized carbons (Fsp3) is 0.391. The van der Waals surface area contributed by atoms with E-state index < -0.39 is 0 Å². The van der Waals surface area contributed by atoms with Gasteiger partial charge in [-0.05, 0) is 66.7 Å². The first-order valence-corrected chi connectivity index (χ1v) is 10.7. The van der Waals surface area contributed by atoms with Crippen molar-refractivity contribution in [2.75, 3.05) is 6.54 Å². The number of nitrogens with one attached hydrogen (secondary N) is 1. The molecule has 1 spiro atoms. The lowest BCUT2D eigenvalue weighted by molar-refractivity contribution is 0.0934. The molecular formula is C23H23N5O3. The SMILES string of the molecule is O=C(NC[C@@H]1C[C@@H]2C=C[C@H]1C21CC1)c1cc(COc2ccc(-n3cncn3)cc2)on1. The summed E-state index contributed by atoms with van der Waals surface area (Å²) in [6.45, 7) is 0.894. The highest BCUT2D eigenvalue weighted by Crippen LogP contribution is 2.69. The lowest BCUT2D eigenvalue weighted by atomic mass is 9.89. The minimum absolute atomic E-state index is 0.191. The summed E-state index contributed by atoms with van der Waals surface area (Å²) in [6, 6.07) is 9.11. The molecule has 3 aliphatic carbocycles. The topological polar surface area (TPSA) is 95.1 Å². The van der Waals surface area contributed by atoms with Crippen LogP contribution in [-0.2, 0) is 6.61 Å². The second kappa shape index (κ2) is 7.08. The van der Waals surface area contributed by atoms with Gasteiger partial charge in [0.05, 0.1) is 5.69 Å². The van der Waals surface area contributed by atoms with Gasteiger partial charge in [0.1, 0.15) is 25.0 Å². The molecule has 0 radical (unpaired) electrons. The Morgan fingerprint density at radius 3 is 2.87 bits per heavy atom. The van der Waals surface area contributed by atoms with Crippen molar-refractivity contribution in [2.45, 2.75) is 25.9 Å². The van der Waals surface area contributed by atoms with Crippen LogP contribution < -0.4 is 10.1 Å². The van der Waals surface area contributed by atoms with Crippen LogP contribution >= 0.6 is 0 Å². The molecule has 31 heavy (non-hydrogen) atoms. The number of rotatable bonds is 7. The Labute approximate surface area is 179 Å². The standard InChI is InChI=1S/C23H23N5O3/c29-22(25-11-15-9-16-1-6-20(15)23(16)7-8-23)21-10-19(31-27-21)12-30-18-4-2-17(3-5-18)28-14-24-13-26-28/h1-6,10,13-16,20H,7-9,11-12H2,(H,25,29)/t15-,16-,20+/m0/s1. The first-order chi connectivity index (χ1) is 15.2. The van der Waals surface area contributed by atoms with E-state index in [1.165, 1.54) is 25.6 Å². The first-order valence-electron chi connectivity index (χ1n) is 10.7. The summed E-state index contributed by atoms with van der Waals surface area (Å²) in [4.78, 5) is 16.4. The summed E-state index contributed by atoms with van der Waals surface area (Å²) in [6.07, 6.45) is 11.8. The summed E-state index contributed by atoms with van der Waals surface area (Å²) >= 11 is 0. The van der Waals surface area contributed by atoms with Crippen molar-refractivity contribution in [1.29, 1.82) is 0 Å². The smallest absolute Gasteiger partial charge is 0.273 e. The third kappa shape index (κ3) is 3.22. The summed E-state index contributed by atoms with van der Waals surface area (Å²) in [5.41, 5.74) is 1.73. The minimum Gasteiger partial charge on any atom is -0.486 e. The van der Waals surface area contributed by atoms with Crippen LogP contribution in [0.4, 0.5) is 0 Å². The molecule has 2 saturated carbocycles. The van der Waals surface area contributed by atoms with E-state index in [0.29, 0.717) is 41.0 Å². The van der Waals surface area contributed by atoms with Gasteiger partial charge in [0, 0.05) is 12.6 Å². The average molecular weight is 417 g/mol. The monoisotopic (exact) mass is 417 g/mol. The van der Waals surface area contributed by atoms with Crippen LogP contribution in [0.5, 0.6) is 5.75 Å². The van der Waals surface area contributed by atoms with Gasteiger partial charge in [-0.25, -0.2) is 9.67 Å². The van der Waals surface area contributed by atoms with Crippen molar-refractivity contribution in [2.24, 2.45) is 23.2 Å². The van der Waals surface area contributed by atoms with Crippen molar-refractivity contribution in [1.82, 2.24) is 25.2 Å². The number of aromatic nitrogens is 4. The molecule has 3 atom stereocenters. The molecule has 1 aromatic carbocycles. The van der Waals surface area contributed by atoms with Crippen molar-refractivity contribution in [3.63, 3.8) is 0 Å². The maximum absolute atomic E-state index is 12.5. The summed E-state index contributed by atoms with van der Waals surface area (Å²) in [5, 5.41) is 11.0. The third-order valence-electron chi connectivity index (χ3n) is 7.06. The molecular weight excluding hydrogens is 394 g/mol. The van der Waals surface area contributed by atoms with Gasteiger partial charge < -0.3 is 14.6 Å². The molecule has 8 heteroatoms. The highest BCUT2D eigenvalue weighted by molar-refractivity contribution is 5.92. The van der Waals surface area contributed by atoms with Crippen LogP contribution in [0, 0.1) is 23.2 Å². The Bertz CT molecular complexity index is 1110. The summed E-state index contributed by atoms with van der Waals surface area (Å²) < 4.78 is 12.7. The van der Waals surface area contributed by atoms with E-state index in [2.05, 4.69) is 32.7 Å². The van der Waals surface area contributed by atoms with E-state index in [1.54, 1.807) is 17.1 Å². The van der Waals surface area contributed by atoms with Crippen LogP contribution in [-0.4, -0.2) is 32.4 Å². The van der Waals surface area contributed by atoms with E-state index >= 15 is 0 Å². The quantitative estimate of drug-likeness (QED) is 0.594. The molecule has 3 aliphatic rings. The van der Waals surface area contributed by atoms with Gasteiger partial charge in [-0.2, -0.15) is 5.10 Å². The second-order valence-corrected chi connectivity index (χ2v) is 8.76. The van der Waals surface area contributed by atoms with E-state index in [0.717, 1.165) is 11.6 Å². The molecule has 0 unspecified atom stereocenters. The Morgan fingerprint density at radius 2 is 2.13 bits per heavy atom. The Kier molecular flexibility index (Phi) is 4.19. The molecule has 158 valence electrons. The number of ether oxygens (including phenoxy) is 1. The lowest BCUT2D eigenvalue weighted by Gasteiger charge is -2.19. The number of hydrogen-bond acceptors (Lipinski definition) is 6. The van der Waals surface area contributed by atoms with E-state index in [9.17, 15) is 4.79 Å². The minimum atomic E-state index is -0.191. The molecule has 1 N–H and O–H groups in total. The van der Waals surface area contributed by atoms with Crippen LogP contribution in [0.1, 0.15) is 35.5 Å². The van der Waals surface area contributed by atoms with Gasteiger partial charge in [-0.1, -0.05) is 17.3 Å². The fourth-order valence-corrected chi connectivity index (χ4v) is 5.35. The van der Waals surface area contributed by atoms with E-state index in [-0.39, 0.29) is 12.5 Å². The molecule has 3 aromatic rings. The number of nitrogens with zero attached hydrogens (tertiary/aromatic N) is 4. The van der Waals surface area contributed by atoms with Gasteiger partial charge in [-0.3, -0.25) is 4.79 Å². The van der Waals surface area contributed by atoms with Crippen molar-refractivity contribution in [3.05, 3.63) is 66.6 Å². The Hall–Kier alpha value is -3.42. The Balaban J connectivity index is 1.01. The highest BCUT2D eigenvalue weighted by atomic mass is 16.5. The third-order valence-corrected chi connectivity index (χ3v) is 7.06. The first kappa shape index (κ1) is 18.4. The molecule has 2 heterocycles. The van der Waals surface area contributed by atoms with Gasteiger partial charge in [0.25, 0.3) is 5.91 Å². The van der Waals surface area contributed by atoms with Crippen LogP contribution in [0.2, 0.25) is 0 Å². The van der Waals surface area contributed by atoms with Crippen molar-refractivity contribution in [3.8, 4) is 11.4 Å². The predicted molar refractivity (Wildman–Crippen MR) is 110 cm³/mol. The number of amides is 1. The normalized spacial score (nSPS) is 24.6. The number of carbonyl (C=O) groups is 1. The zero-order chi connectivity index (χ0) is 20.8. The van der Waals surface area contributed by atoms with Gasteiger partial charge >= 0.3 is 0 Å². The maximum atomic E-state index is 12.5. The maximum Gasteiger partial charge on any atom is 0.273 e. The molecule has 2 fully saturated rings. The Morgan fingerprint density at radius 1 is 1.26 bits per heavy atom. The predicted octanol–water partition coefficient (Wildman–Crippen LogP) is 3.17. The fourth-order valence-electron chi connectivity index (χ4n) is 5.35. The van der Waals surface area contributed by atoms with Crippen molar-refractivity contribution >= 4 is 5.91 Å². The lowest BCUT2D eigenvalue weighted by Crippen LogP contribution is -2.31. The van der Waals surface area contributed by atoms with Crippen LogP contribution in [0.25, 0.3) is 5.69 Å².